The summed E-state index contributed by atoms with van der Waals surface area (Å²) in [5, 5.41) is 1.58. The number of amides is 1. The second kappa shape index (κ2) is 9.31. The minimum Gasteiger partial charge on any atom is -0.454 e. The van der Waals surface area contributed by atoms with E-state index in [2.05, 4.69) is 24.0 Å². The summed E-state index contributed by atoms with van der Waals surface area (Å²) >= 11 is 0. The highest BCUT2D eigenvalue weighted by molar-refractivity contribution is 5.78. The molecule has 2 aromatic rings. The van der Waals surface area contributed by atoms with Gasteiger partial charge in [-0.2, -0.15) is 0 Å². The van der Waals surface area contributed by atoms with Crippen LogP contribution in [0.1, 0.15) is 43.7 Å². The molecule has 1 amide bonds. The van der Waals surface area contributed by atoms with Gasteiger partial charge < -0.3 is 14.4 Å². The van der Waals surface area contributed by atoms with E-state index in [1.54, 1.807) is 23.3 Å². The number of nitrogens with zero attached hydrogens (tertiary/aromatic N) is 2. The summed E-state index contributed by atoms with van der Waals surface area (Å²) in [4.78, 5) is 21.0. The van der Waals surface area contributed by atoms with Gasteiger partial charge in [0.2, 0.25) is 12.7 Å². The van der Waals surface area contributed by atoms with E-state index in [4.69, 9.17) is 14.3 Å². The molecule has 2 saturated heterocycles. The van der Waals surface area contributed by atoms with Gasteiger partial charge in [-0.25, -0.2) is 9.45 Å². The fourth-order valence-electron chi connectivity index (χ4n) is 5.35. The summed E-state index contributed by atoms with van der Waals surface area (Å²) in [6.07, 6.45) is 4.05. The quantitative estimate of drug-likeness (QED) is 0.624. The maximum atomic E-state index is 14.0. The van der Waals surface area contributed by atoms with E-state index in [9.17, 15) is 9.18 Å². The number of carbonyl (C=O) groups excluding carboxylic acids is 1. The molecule has 0 aliphatic carbocycles. The Morgan fingerprint density at radius 2 is 1.88 bits per heavy atom. The van der Waals surface area contributed by atoms with Gasteiger partial charge in [-0.05, 0) is 55.4 Å². The van der Waals surface area contributed by atoms with Crippen LogP contribution in [-0.4, -0.2) is 47.8 Å². The third kappa shape index (κ3) is 4.70. The number of likely N-dealkylation sites (tertiary alicyclic amines) is 1. The molecule has 0 aromatic heterocycles. The van der Waals surface area contributed by atoms with Gasteiger partial charge in [0.25, 0.3) is 0 Å². The number of rotatable bonds is 7. The number of hydrogen-bond donors (Lipinski definition) is 0. The molecule has 1 atom stereocenters. The van der Waals surface area contributed by atoms with Gasteiger partial charge in [-0.3, -0.25) is 9.63 Å². The molecular weight excluding hydrogens is 423 g/mol. The molecule has 2 fully saturated rings. The van der Waals surface area contributed by atoms with E-state index in [1.165, 1.54) is 11.6 Å². The molecule has 3 aliphatic rings. The van der Waals surface area contributed by atoms with Gasteiger partial charge in [0.05, 0.1) is 5.54 Å². The van der Waals surface area contributed by atoms with E-state index in [-0.39, 0.29) is 23.9 Å². The van der Waals surface area contributed by atoms with E-state index >= 15 is 0 Å². The maximum Gasteiger partial charge on any atom is 0.246 e. The zero-order valence-electron chi connectivity index (χ0n) is 19.1. The number of benzene rings is 2. The van der Waals surface area contributed by atoms with Crippen LogP contribution >= 0.6 is 0 Å². The van der Waals surface area contributed by atoms with Crippen molar-refractivity contribution in [3.05, 3.63) is 59.4 Å². The van der Waals surface area contributed by atoms with E-state index in [1.807, 2.05) is 6.07 Å². The van der Waals surface area contributed by atoms with Crippen LogP contribution < -0.4 is 9.47 Å². The number of hydroxylamine groups is 2. The minimum atomic E-state index is -0.301. The second-order valence-electron chi connectivity index (χ2n) is 9.57. The predicted octanol–water partition coefficient (Wildman–Crippen LogP) is 4.32. The average molecular weight is 455 g/mol. The lowest BCUT2D eigenvalue weighted by molar-refractivity contribution is -0.223. The van der Waals surface area contributed by atoms with Crippen LogP contribution in [0.4, 0.5) is 4.39 Å². The number of hydrogen-bond acceptors (Lipinski definition) is 5. The van der Waals surface area contributed by atoms with Crippen LogP contribution in [0.25, 0.3) is 0 Å². The van der Waals surface area contributed by atoms with Crippen molar-refractivity contribution in [3.8, 4) is 11.5 Å². The summed E-state index contributed by atoms with van der Waals surface area (Å²) in [5.41, 5.74) is 1.47. The molecule has 3 aliphatic heterocycles. The summed E-state index contributed by atoms with van der Waals surface area (Å²) in [6, 6.07) is 12.7. The normalized spacial score (nSPS) is 20.5. The molecule has 0 unspecified atom stereocenters. The number of piperidine rings is 1. The van der Waals surface area contributed by atoms with Gasteiger partial charge in [0.1, 0.15) is 12.4 Å². The summed E-state index contributed by atoms with van der Waals surface area (Å²) in [6.45, 7) is 5.52. The molecule has 2 aromatic carbocycles. The molecule has 1 spiro atoms. The first-order chi connectivity index (χ1) is 16.0. The first-order valence-corrected chi connectivity index (χ1v) is 11.8. The molecule has 176 valence electrons. The maximum absolute atomic E-state index is 14.0. The Hall–Kier alpha value is -2.64. The molecule has 0 saturated carbocycles. The monoisotopic (exact) mass is 454 g/mol. The second-order valence-corrected chi connectivity index (χ2v) is 9.57. The average Bonchev–Trinajstić information content (AvgIpc) is 3.39. The molecule has 3 heterocycles. The topological polar surface area (TPSA) is 51.2 Å². The zero-order chi connectivity index (χ0) is 22.8. The lowest BCUT2D eigenvalue weighted by Crippen LogP contribution is -2.53. The lowest BCUT2D eigenvalue weighted by atomic mass is 9.85. The van der Waals surface area contributed by atoms with Crippen molar-refractivity contribution >= 4 is 5.91 Å². The molecule has 33 heavy (non-hydrogen) atoms. The van der Waals surface area contributed by atoms with Gasteiger partial charge in [-0.15, -0.1) is 0 Å². The zero-order valence-corrected chi connectivity index (χ0v) is 19.1. The highest BCUT2D eigenvalue weighted by Crippen LogP contribution is 2.40. The number of fused-ring (bicyclic) bond motifs is 1. The van der Waals surface area contributed by atoms with E-state index in [0.29, 0.717) is 24.7 Å². The smallest absolute Gasteiger partial charge is 0.246 e. The van der Waals surface area contributed by atoms with E-state index < -0.39 is 0 Å². The first-order valence-electron chi connectivity index (χ1n) is 11.8. The van der Waals surface area contributed by atoms with Crippen molar-refractivity contribution in [3.63, 3.8) is 0 Å². The van der Waals surface area contributed by atoms with Crippen molar-refractivity contribution in [1.82, 2.24) is 9.96 Å². The van der Waals surface area contributed by atoms with Gasteiger partial charge in [0, 0.05) is 31.6 Å². The Morgan fingerprint density at radius 3 is 2.70 bits per heavy atom. The highest BCUT2D eigenvalue weighted by atomic mass is 19.1. The van der Waals surface area contributed by atoms with Crippen LogP contribution in [0.15, 0.2) is 42.5 Å². The van der Waals surface area contributed by atoms with Gasteiger partial charge >= 0.3 is 0 Å². The number of carbonyl (C=O) groups is 1. The largest absolute Gasteiger partial charge is 0.454 e. The molecule has 0 N–H and O–H groups in total. The fraction of sp³-hybridized carbons (Fsp3) is 0.500. The van der Waals surface area contributed by atoms with Gasteiger partial charge in [0.15, 0.2) is 11.5 Å². The summed E-state index contributed by atoms with van der Waals surface area (Å²) in [7, 11) is 0. The Kier molecular flexibility index (Phi) is 6.25. The molecule has 0 bridgehead atoms. The standard InChI is InChI=1S/C26H31FN2O4/c1-19(14-20-6-7-23-24(15-20)32-18-31-23)16-28-12-10-26(11-13-28)9-8-25(30)29(26)33-17-21-4-2-3-5-22(21)27/h2-7,15,19H,8-14,16-18H2,1H3/t19-/m1/s1. The first kappa shape index (κ1) is 22.2. The van der Waals surface area contributed by atoms with Crippen LogP contribution in [-0.2, 0) is 22.7 Å². The minimum absolute atomic E-state index is 0.0102. The summed E-state index contributed by atoms with van der Waals surface area (Å²) in [5.74, 6) is 1.86. The SMILES string of the molecule is C[C@H](Cc1ccc2c(c1)OCO2)CN1CCC2(CCC(=O)N2OCc2ccccc2F)CC1. The third-order valence-corrected chi connectivity index (χ3v) is 7.15. The summed E-state index contributed by atoms with van der Waals surface area (Å²) < 4.78 is 24.9. The molecule has 5 rings (SSSR count). The van der Waals surface area contributed by atoms with Crippen molar-refractivity contribution in [2.24, 2.45) is 5.92 Å². The number of halogens is 1. The van der Waals surface area contributed by atoms with Crippen molar-refractivity contribution < 1.29 is 23.5 Å². The Morgan fingerprint density at radius 1 is 1.09 bits per heavy atom. The predicted molar refractivity (Wildman–Crippen MR) is 121 cm³/mol. The molecule has 0 radical (unpaired) electrons. The molecule has 6 nitrogen and oxygen atoms in total. The van der Waals surface area contributed by atoms with Crippen LogP contribution in [0, 0.1) is 11.7 Å². The Bertz CT molecular complexity index is 1010. The fourth-order valence-corrected chi connectivity index (χ4v) is 5.35. The van der Waals surface area contributed by atoms with Crippen LogP contribution in [0.2, 0.25) is 0 Å². The van der Waals surface area contributed by atoms with Crippen LogP contribution in [0.3, 0.4) is 0 Å². The van der Waals surface area contributed by atoms with E-state index in [0.717, 1.165) is 56.8 Å². The highest BCUT2D eigenvalue weighted by Gasteiger charge is 2.48. The molecular formula is C26H31FN2O4. The Balaban J connectivity index is 1.14. The molecule has 7 heteroatoms. The third-order valence-electron chi connectivity index (χ3n) is 7.15. The van der Waals surface area contributed by atoms with Crippen molar-refractivity contribution in [2.45, 2.75) is 51.2 Å². The lowest BCUT2D eigenvalue weighted by Gasteiger charge is -2.44. The van der Waals surface area contributed by atoms with Crippen LogP contribution in [0.5, 0.6) is 11.5 Å². The van der Waals surface area contributed by atoms with Crippen molar-refractivity contribution in [2.75, 3.05) is 26.4 Å². The van der Waals surface area contributed by atoms with Gasteiger partial charge in [-0.1, -0.05) is 31.2 Å². The van der Waals surface area contributed by atoms with Crippen molar-refractivity contribution in [1.29, 1.82) is 0 Å². The Labute approximate surface area is 194 Å². The number of ether oxygens (including phenoxy) is 2.